The summed E-state index contributed by atoms with van der Waals surface area (Å²) in [6, 6.07) is 11.9. The number of rotatable bonds is 5. The van der Waals surface area contributed by atoms with Gasteiger partial charge in [-0.25, -0.2) is 4.39 Å². The Kier molecular flexibility index (Phi) is 6.25. The van der Waals surface area contributed by atoms with Crippen LogP contribution in [0.4, 0.5) is 18.9 Å². The first-order valence-corrected chi connectivity index (χ1v) is 8.01. The van der Waals surface area contributed by atoms with E-state index >= 15 is 0 Å². The molecule has 2 aromatic rings. The summed E-state index contributed by atoms with van der Waals surface area (Å²) in [5.41, 5.74) is 1.14. The Bertz CT molecular complexity index is 842. The highest BCUT2D eigenvalue weighted by molar-refractivity contribution is 7.99. The minimum atomic E-state index is -2.52. The highest BCUT2D eigenvalue weighted by atomic mass is 32.2. The van der Waals surface area contributed by atoms with Crippen molar-refractivity contribution in [1.82, 2.24) is 0 Å². The molecular formula is C18H13F3N2OS. The standard InChI is InChI=1S/C18H13F3N2OS/c1-11-8-12(2-7-16(11)19)9-13(10-22)17(24)23-14-3-5-15(6-4-14)25-18(20)21/h2-9,18H,1H3,(H,23,24)/b13-9-. The number of aryl methyl sites for hydroxylation is 1. The van der Waals surface area contributed by atoms with Gasteiger partial charge in [-0.1, -0.05) is 17.8 Å². The highest BCUT2D eigenvalue weighted by Crippen LogP contribution is 2.26. The molecule has 25 heavy (non-hydrogen) atoms. The Hall–Kier alpha value is -2.72. The number of nitriles is 1. The van der Waals surface area contributed by atoms with Crippen molar-refractivity contribution in [3.05, 3.63) is 65.0 Å². The second kappa shape index (κ2) is 8.40. The van der Waals surface area contributed by atoms with Crippen molar-refractivity contribution in [1.29, 1.82) is 5.26 Å². The molecule has 0 spiro atoms. The summed E-state index contributed by atoms with van der Waals surface area (Å²) in [5.74, 6) is -3.53. The van der Waals surface area contributed by atoms with Crippen molar-refractivity contribution in [3.63, 3.8) is 0 Å². The molecule has 0 saturated heterocycles. The number of nitrogens with zero attached hydrogens (tertiary/aromatic N) is 1. The van der Waals surface area contributed by atoms with E-state index in [1.807, 2.05) is 0 Å². The zero-order chi connectivity index (χ0) is 18.4. The molecule has 0 heterocycles. The maximum atomic E-state index is 13.3. The fraction of sp³-hybridized carbons (Fsp3) is 0.111. The van der Waals surface area contributed by atoms with Gasteiger partial charge in [0.1, 0.15) is 17.5 Å². The number of hydrogen-bond donors (Lipinski definition) is 1. The van der Waals surface area contributed by atoms with Gasteiger partial charge in [-0.2, -0.15) is 14.0 Å². The molecule has 0 aliphatic heterocycles. The summed E-state index contributed by atoms with van der Waals surface area (Å²) in [7, 11) is 0. The zero-order valence-electron chi connectivity index (χ0n) is 13.1. The number of nitrogens with one attached hydrogen (secondary N) is 1. The molecule has 0 saturated carbocycles. The molecule has 0 bridgehead atoms. The smallest absolute Gasteiger partial charge is 0.288 e. The minimum Gasteiger partial charge on any atom is -0.321 e. The van der Waals surface area contributed by atoms with Crippen LogP contribution in [0.1, 0.15) is 11.1 Å². The number of carbonyl (C=O) groups is 1. The summed E-state index contributed by atoms with van der Waals surface area (Å²) in [6.45, 7) is 1.58. The number of benzene rings is 2. The molecule has 0 aliphatic rings. The van der Waals surface area contributed by atoms with Crippen LogP contribution in [0.3, 0.4) is 0 Å². The van der Waals surface area contributed by atoms with Gasteiger partial charge < -0.3 is 5.32 Å². The average molecular weight is 362 g/mol. The lowest BCUT2D eigenvalue weighted by molar-refractivity contribution is -0.112. The SMILES string of the molecule is Cc1cc(/C=C(/C#N)C(=O)Nc2ccc(SC(F)F)cc2)ccc1F. The van der Waals surface area contributed by atoms with E-state index in [1.54, 1.807) is 13.0 Å². The van der Waals surface area contributed by atoms with E-state index in [-0.39, 0.29) is 11.4 Å². The van der Waals surface area contributed by atoms with Gasteiger partial charge in [0.05, 0.1) is 0 Å². The van der Waals surface area contributed by atoms with E-state index in [9.17, 15) is 18.0 Å². The number of carbonyl (C=O) groups excluding carboxylic acids is 1. The third kappa shape index (κ3) is 5.40. The van der Waals surface area contributed by atoms with E-state index in [0.717, 1.165) is 0 Å². The number of thioether (sulfide) groups is 1. The van der Waals surface area contributed by atoms with E-state index in [0.29, 0.717) is 33.5 Å². The van der Waals surface area contributed by atoms with Crippen LogP contribution in [0, 0.1) is 24.1 Å². The average Bonchev–Trinajstić information content (AvgIpc) is 2.57. The molecule has 0 aliphatic carbocycles. The normalized spacial score (nSPS) is 11.3. The van der Waals surface area contributed by atoms with Gasteiger partial charge in [0.15, 0.2) is 0 Å². The molecule has 1 N–H and O–H groups in total. The number of halogens is 3. The van der Waals surface area contributed by atoms with Gasteiger partial charge in [-0.05, 0) is 60.5 Å². The van der Waals surface area contributed by atoms with Gasteiger partial charge in [-0.3, -0.25) is 4.79 Å². The molecule has 0 fully saturated rings. The Morgan fingerprint density at radius 2 is 1.92 bits per heavy atom. The first-order valence-electron chi connectivity index (χ1n) is 7.13. The minimum absolute atomic E-state index is 0.156. The van der Waals surface area contributed by atoms with Crippen LogP contribution in [0.15, 0.2) is 52.9 Å². The molecule has 0 aromatic heterocycles. The third-order valence-electron chi connectivity index (χ3n) is 3.20. The first kappa shape index (κ1) is 18.6. The number of alkyl halides is 2. The van der Waals surface area contributed by atoms with Crippen molar-refractivity contribution in [2.75, 3.05) is 5.32 Å². The summed E-state index contributed by atoms with van der Waals surface area (Å²) in [4.78, 5) is 12.5. The molecular weight excluding hydrogens is 349 g/mol. The van der Waals surface area contributed by atoms with Crippen LogP contribution in [-0.4, -0.2) is 11.7 Å². The van der Waals surface area contributed by atoms with Crippen molar-refractivity contribution in [2.24, 2.45) is 0 Å². The molecule has 0 radical (unpaired) electrons. The maximum Gasteiger partial charge on any atom is 0.288 e. The second-order valence-electron chi connectivity index (χ2n) is 5.04. The lowest BCUT2D eigenvalue weighted by Gasteiger charge is -2.06. The Morgan fingerprint density at radius 1 is 1.24 bits per heavy atom. The van der Waals surface area contributed by atoms with Crippen LogP contribution in [0.25, 0.3) is 6.08 Å². The van der Waals surface area contributed by atoms with Crippen LogP contribution in [-0.2, 0) is 4.79 Å². The van der Waals surface area contributed by atoms with E-state index < -0.39 is 11.7 Å². The Morgan fingerprint density at radius 3 is 2.48 bits per heavy atom. The van der Waals surface area contributed by atoms with Crippen molar-refractivity contribution in [2.45, 2.75) is 17.6 Å². The molecule has 128 valence electrons. The van der Waals surface area contributed by atoms with Gasteiger partial charge in [-0.15, -0.1) is 0 Å². The number of amides is 1. The summed E-state index contributed by atoms with van der Waals surface area (Å²) in [6.07, 6.45) is 1.35. The molecule has 2 rings (SSSR count). The quantitative estimate of drug-likeness (QED) is 0.463. The number of hydrogen-bond acceptors (Lipinski definition) is 3. The topological polar surface area (TPSA) is 52.9 Å². The van der Waals surface area contributed by atoms with Crippen molar-refractivity contribution in [3.8, 4) is 6.07 Å². The van der Waals surface area contributed by atoms with Crippen molar-refractivity contribution < 1.29 is 18.0 Å². The monoisotopic (exact) mass is 362 g/mol. The molecule has 2 aromatic carbocycles. The lowest BCUT2D eigenvalue weighted by Crippen LogP contribution is -2.13. The van der Waals surface area contributed by atoms with E-state index in [2.05, 4.69) is 5.32 Å². The largest absolute Gasteiger partial charge is 0.321 e. The van der Waals surface area contributed by atoms with Crippen LogP contribution < -0.4 is 5.32 Å². The van der Waals surface area contributed by atoms with Gasteiger partial charge in [0.25, 0.3) is 11.7 Å². The predicted molar refractivity (Wildman–Crippen MR) is 91.7 cm³/mol. The maximum absolute atomic E-state index is 13.3. The zero-order valence-corrected chi connectivity index (χ0v) is 13.9. The Balaban J connectivity index is 2.13. The summed E-state index contributed by atoms with van der Waals surface area (Å²) < 4.78 is 37.8. The van der Waals surface area contributed by atoms with Crippen LogP contribution in [0.5, 0.6) is 0 Å². The molecule has 7 heteroatoms. The van der Waals surface area contributed by atoms with Gasteiger partial charge in [0.2, 0.25) is 0 Å². The predicted octanol–water partition coefficient (Wildman–Crippen LogP) is 4.99. The first-order chi connectivity index (χ1) is 11.9. The van der Waals surface area contributed by atoms with Gasteiger partial charge >= 0.3 is 0 Å². The molecule has 3 nitrogen and oxygen atoms in total. The fourth-order valence-corrected chi connectivity index (χ4v) is 2.49. The van der Waals surface area contributed by atoms with Crippen LogP contribution >= 0.6 is 11.8 Å². The number of anilines is 1. The van der Waals surface area contributed by atoms with E-state index in [1.165, 1.54) is 48.5 Å². The molecule has 0 atom stereocenters. The van der Waals surface area contributed by atoms with Gasteiger partial charge in [0, 0.05) is 10.6 Å². The van der Waals surface area contributed by atoms with Crippen molar-refractivity contribution >= 4 is 29.4 Å². The molecule has 1 amide bonds. The third-order valence-corrected chi connectivity index (χ3v) is 3.92. The highest BCUT2D eigenvalue weighted by Gasteiger charge is 2.11. The molecule has 0 unspecified atom stereocenters. The lowest BCUT2D eigenvalue weighted by atomic mass is 10.1. The summed E-state index contributed by atoms with van der Waals surface area (Å²) >= 11 is 0.401. The fourth-order valence-electron chi connectivity index (χ4n) is 1.99. The van der Waals surface area contributed by atoms with E-state index in [4.69, 9.17) is 5.26 Å². The second-order valence-corrected chi connectivity index (χ2v) is 6.10. The van der Waals surface area contributed by atoms with Crippen LogP contribution in [0.2, 0.25) is 0 Å². The Labute approximate surface area is 147 Å². The summed E-state index contributed by atoms with van der Waals surface area (Å²) in [5, 5.41) is 11.7.